The fourth-order valence-electron chi connectivity index (χ4n) is 0. The van der Waals surface area contributed by atoms with Gasteiger partial charge in [-0.1, -0.05) is 20.1 Å². The van der Waals surface area contributed by atoms with Gasteiger partial charge in [-0.25, -0.2) is 9.59 Å². The normalized spacial score (nSPS) is 7.47. The van der Waals surface area contributed by atoms with Crippen molar-refractivity contribution in [2.24, 2.45) is 0 Å². The average Bonchev–Trinajstić information content (AvgIpc) is 2.19. The lowest BCUT2D eigenvalue weighted by Crippen LogP contribution is -1.99. The van der Waals surface area contributed by atoms with Gasteiger partial charge in [-0.15, -0.1) is 0 Å². The predicted octanol–water partition coefficient (Wildman–Crippen LogP) is 0.221. The number of hydrogen-bond acceptors (Lipinski definition) is 4. The highest BCUT2D eigenvalue weighted by Crippen LogP contribution is 1.77. The molecule has 0 amide bonds. The van der Waals surface area contributed by atoms with Crippen LogP contribution in [0.15, 0.2) is 25.3 Å². The highest BCUT2D eigenvalue weighted by atomic mass is 16.5. The van der Waals surface area contributed by atoms with Crippen LogP contribution in [0.1, 0.15) is 13.3 Å². The molecule has 0 saturated heterocycles. The van der Waals surface area contributed by atoms with Crippen LogP contribution in [0.3, 0.4) is 0 Å². The Morgan fingerprint density at radius 2 is 1.27 bits per heavy atom. The molecule has 0 atom stereocenters. The Kier molecular flexibility index (Phi) is 18.8. The first-order chi connectivity index (χ1) is 6.81. The maximum absolute atomic E-state index is 9.25. The molecule has 0 aromatic carbocycles. The fourth-order valence-corrected chi connectivity index (χ4v) is 0. The Balaban J connectivity index is -0.000000144. The van der Waals surface area contributed by atoms with Crippen LogP contribution in [0.5, 0.6) is 0 Å². The lowest BCUT2D eigenvalue weighted by molar-refractivity contribution is -0.132. The van der Waals surface area contributed by atoms with Crippen LogP contribution >= 0.6 is 0 Å². The van der Waals surface area contributed by atoms with Gasteiger partial charge < -0.3 is 20.4 Å². The molecule has 0 radical (unpaired) electrons. The minimum atomic E-state index is -1.12. The first-order valence-corrected chi connectivity index (χ1v) is 3.88. The van der Waals surface area contributed by atoms with E-state index < -0.39 is 18.2 Å². The van der Waals surface area contributed by atoms with E-state index in [4.69, 9.17) is 20.4 Å². The van der Waals surface area contributed by atoms with Gasteiger partial charge in [0.2, 0.25) is 0 Å². The van der Waals surface area contributed by atoms with Gasteiger partial charge in [-0.3, -0.25) is 0 Å². The number of carboxylic acids is 2. The summed E-state index contributed by atoms with van der Waals surface area (Å²) in [6.45, 7) is 7.62. The lowest BCUT2D eigenvalue weighted by Gasteiger charge is -1.90. The summed E-state index contributed by atoms with van der Waals surface area (Å²) in [5.41, 5.74) is 0. The maximum atomic E-state index is 9.25. The monoisotopic (exact) mass is 220 g/mol. The summed E-state index contributed by atoms with van der Waals surface area (Å²) in [4.78, 5) is 18.5. The van der Waals surface area contributed by atoms with Gasteiger partial charge in [0, 0.05) is 12.2 Å². The zero-order chi connectivity index (χ0) is 12.9. The summed E-state index contributed by atoms with van der Waals surface area (Å²) in [5.74, 6) is -1.96. The van der Waals surface area contributed by atoms with Crippen molar-refractivity contribution in [3.05, 3.63) is 25.3 Å². The molecule has 0 heterocycles. The smallest absolute Gasteiger partial charge is 0.327 e. The molecule has 0 aromatic rings. The van der Waals surface area contributed by atoms with Crippen LogP contribution < -0.4 is 0 Å². The van der Waals surface area contributed by atoms with Crippen LogP contribution in [0.2, 0.25) is 0 Å². The highest BCUT2D eigenvalue weighted by Gasteiger charge is 1.83. The summed E-state index contributed by atoms with van der Waals surface area (Å²) < 4.78 is 0. The molecule has 0 fully saturated rings. The third-order valence-corrected chi connectivity index (χ3v) is 0.714. The summed E-state index contributed by atoms with van der Waals surface area (Å²) in [6.07, 6.45) is 0.968. The molecular formula is C9H16O6. The first-order valence-electron chi connectivity index (χ1n) is 3.88. The van der Waals surface area contributed by atoms with Crippen molar-refractivity contribution in [2.75, 3.05) is 0 Å². The average molecular weight is 220 g/mol. The Bertz CT molecular complexity index is 179. The number of rotatable bonds is 3. The third kappa shape index (κ3) is 70.0. The van der Waals surface area contributed by atoms with E-state index in [1.165, 1.54) is 0 Å². The number of carbonyl (C=O) groups is 2. The van der Waals surface area contributed by atoms with Gasteiger partial charge in [0.15, 0.2) is 6.29 Å². The van der Waals surface area contributed by atoms with Crippen molar-refractivity contribution in [2.45, 2.75) is 19.6 Å². The summed E-state index contributed by atoms with van der Waals surface area (Å²) in [6, 6.07) is 0. The Morgan fingerprint density at radius 1 is 1.13 bits per heavy atom. The van der Waals surface area contributed by atoms with E-state index in [1.807, 2.05) is 0 Å². The Hall–Kier alpha value is -1.66. The third-order valence-electron chi connectivity index (χ3n) is 0.714. The second-order valence-electron chi connectivity index (χ2n) is 1.97. The summed E-state index contributed by atoms with van der Waals surface area (Å²) in [5, 5.41) is 31.0. The van der Waals surface area contributed by atoms with E-state index in [2.05, 4.69) is 13.2 Å². The second kappa shape index (κ2) is 14.8. The molecule has 0 saturated carbocycles. The molecule has 0 bridgehead atoms. The van der Waals surface area contributed by atoms with Gasteiger partial charge in [0.1, 0.15) is 0 Å². The number of aliphatic hydroxyl groups is 2. The number of hydrogen-bond donors (Lipinski definition) is 4. The van der Waals surface area contributed by atoms with Gasteiger partial charge in [0.25, 0.3) is 0 Å². The lowest BCUT2D eigenvalue weighted by atomic mass is 10.5. The van der Waals surface area contributed by atoms with Crippen molar-refractivity contribution in [3.63, 3.8) is 0 Å². The van der Waals surface area contributed by atoms with Crippen LogP contribution in [0.25, 0.3) is 0 Å². The van der Waals surface area contributed by atoms with Crippen molar-refractivity contribution >= 4 is 11.9 Å². The zero-order valence-electron chi connectivity index (χ0n) is 8.46. The first kappa shape index (κ1) is 19.0. The summed E-state index contributed by atoms with van der Waals surface area (Å²) in [7, 11) is 0. The molecule has 0 aliphatic heterocycles. The Morgan fingerprint density at radius 3 is 1.27 bits per heavy atom. The molecule has 0 rings (SSSR count). The van der Waals surface area contributed by atoms with Crippen molar-refractivity contribution < 1.29 is 30.0 Å². The van der Waals surface area contributed by atoms with E-state index in [9.17, 15) is 9.59 Å². The van der Waals surface area contributed by atoms with Crippen molar-refractivity contribution in [1.29, 1.82) is 0 Å². The van der Waals surface area contributed by atoms with E-state index in [0.717, 1.165) is 12.2 Å². The predicted molar refractivity (Wildman–Crippen MR) is 54.2 cm³/mol. The number of aliphatic carboxylic acids is 2. The SMILES string of the molecule is C=CC(=O)O.C=CC(=O)O.CCC(O)O. The molecule has 4 N–H and O–H groups in total. The molecule has 0 aliphatic rings. The van der Waals surface area contributed by atoms with Crippen LogP contribution in [0, 0.1) is 0 Å². The van der Waals surface area contributed by atoms with Crippen LogP contribution in [-0.4, -0.2) is 38.7 Å². The Labute approximate surface area is 87.8 Å². The summed E-state index contributed by atoms with van der Waals surface area (Å²) >= 11 is 0. The van der Waals surface area contributed by atoms with Gasteiger partial charge >= 0.3 is 11.9 Å². The number of aliphatic hydroxyl groups excluding tert-OH is 1. The van der Waals surface area contributed by atoms with Gasteiger partial charge in [0.05, 0.1) is 0 Å². The molecule has 15 heavy (non-hydrogen) atoms. The van der Waals surface area contributed by atoms with Crippen molar-refractivity contribution in [3.8, 4) is 0 Å². The minimum Gasteiger partial charge on any atom is -0.478 e. The molecule has 0 aliphatic carbocycles. The molecule has 88 valence electrons. The molecule has 6 nitrogen and oxygen atoms in total. The molecule has 0 unspecified atom stereocenters. The standard InChI is InChI=1S/C3H8O2.2C3H4O2/c3*1-2-3(4)5/h3-5H,2H2,1H3;2*2H,1H2,(H,4,5). The fraction of sp³-hybridized carbons (Fsp3) is 0.333. The molecule has 0 aromatic heterocycles. The van der Waals surface area contributed by atoms with Crippen molar-refractivity contribution in [1.82, 2.24) is 0 Å². The van der Waals surface area contributed by atoms with Crippen LogP contribution in [0.4, 0.5) is 0 Å². The largest absolute Gasteiger partial charge is 0.478 e. The van der Waals surface area contributed by atoms with Gasteiger partial charge in [-0.05, 0) is 6.42 Å². The zero-order valence-corrected chi connectivity index (χ0v) is 8.46. The second-order valence-corrected chi connectivity index (χ2v) is 1.97. The van der Waals surface area contributed by atoms with Gasteiger partial charge in [-0.2, -0.15) is 0 Å². The van der Waals surface area contributed by atoms with E-state index in [0.29, 0.717) is 6.42 Å². The maximum Gasteiger partial charge on any atom is 0.327 e. The quantitative estimate of drug-likeness (QED) is 0.399. The van der Waals surface area contributed by atoms with E-state index >= 15 is 0 Å². The van der Waals surface area contributed by atoms with Crippen LogP contribution in [-0.2, 0) is 9.59 Å². The highest BCUT2D eigenvalue weighted by molar-refractivity contribution is 5.79. The number of carboxylic acid groups (broad SMARTS) is 2. The van der Waals surface area contributed by atoms with E-state index in [1.54, 1.807) is 6.92 Å². The molecular weight excluding hydrogens is 204 g/mol. The van der Waals surface area contributed by atoms with E-state index in [-0.39, 0.29) is 0 Å². The molecule has 6 heteroatoms. The molecule has 0 spiro atoms. The topological polar surface area (TPSA) is 115 Å². The minimum absolute atomic E-state index is 0.417.